The lowest BCUT2D eigenvalue weighted by atomic mass is 10.1. The molecule has 1 N–H and O–H groups in total. The van der Waals surface area contributed by atoms with Crippen molar-refractivity contribution in [1.82, 2.24) is 9.29 Å². The largest absolute Gasteiger partial charge is 0.468 e. The van der Waals surface area contributed by atoms with Crippen LogP contribution in [0.2, 0.25) is 0 Å². The maximum absolute atomic E-state index is 11.4. The minimum atomic E-state index is -2.35. The lowest BCUT2D eigenvalue weighted by molar-refractivity contribution is -0.140. The van der Waals surface area contributed by atoms with E-state index in [4.69, 9.17) is 4.55 Å². The Hall–Kier alpha value is -1.64. The topological polar surface area (TPSA) is 96.8 Å². The first kappa shape index (κ1) is 15.4. The second-order valence-corrected chi connectivity index (χ2v) is 4.65. The van der Waals surface area contributed by atoms with Crippen LogP contribution in [0.3, 0.4) is 0 Å². The van der Waals surface area contributed by atoms with E-state index in [1.54, 1.807) is 12.1 Å². The molecule has 0 aliphatic heterocycles. The number of ketones is 1. The molecular formula is C11H14N2O5S. The summed E-state index contributed by atoms with van der Waals surface area (Å²) in [5, 5.41) is 0. The number of carbonyl (C=O) groups excluding carboxylic acids is 2. The van der Waals surface area contributed by atoms with Crippen LogP contribution in [0.15, 0.2) is 18.3 Å². The summed E-state index contributed by atoms with van der Waals surface area (Å²) in [6.45, 7) is 0.944. The summed E-state index contributed by atoms with van der Waals surface area (Å²) in [4.78, 5) is 26.4. The molecule has 0 aromatic carbocycles. The minimum Gasteiger partial charge on any atom is -0.468 e. The molecule has 0 aliphatic rings. The van der Waals surface area contributed by atoms with Gasteiger partial charge in [0.05, 0.1) is 7.11 Å². The molecule has 0 spiro atoms. The second kappa shape index (κ2) is 7.07. The Labute approximate surface area is 113 Å². The van der Waals surface area contributed by atoms with Crippen LogP contribution in [0.5, 0.6) is 0 Å². The van der Waals surface area contributed by atoms with E-state index in [9.17, 15) is 13.8 Å². The number of hydrogen-bond acceptors (Lipinski definition) is 5. The summed E-state index contributed by atoms with van der Waals surface area (Å²) in [5.74, 6) is -0.895. The quantitative estimate of drug-likeness (QED) is 0.462. The highest BCUT2D eigenvalue weighted by Gasteiger charge is 2.19. The normalized spacial score (nSPS) is 12.2. The van der Waals surface area contributed by atoms with E-state index in [1.165, 1.54) is 20.2 Å². The monoisotopic (exact) mass is 286 g/mol. The van der Waals surface area contributed by atoms with Gasteiger partial charge in [-0.05, 0) is 11.6 Å². The SMILES string of the molecule is COC(=O)CN(Cc1cccnc1C(C)=O)S(=O)O. The zero-order valence-electron chi connectivity index (χ0n) is 10.5. The van der Waals surface area contributed by atoms with Gasteiger partial charge in [0.2, 0.25) is 11.3 Å². The Morgan fingerprint density at radius 3 is 2.74 bits per heavy atom. The van der Waals surface area contributed by atoms with Gasteiger partial charge in [0.1, 0.15) is 12.2 Å². The number of nitrogens with zero attached hydrogens (tertiary/aromatic N) is 2. The van der Waals surface area contributed by atoms with E-state index in [-0.39, 0.29) is 24.6 Å². The molecule has 0 saturated heterocycles. The number of Topliss-reactive ketones (excluding diaryl/α,β-unsaturated/α-hetero) is 1. The van der Waals surface area contributed by atoms with E-state index in [1.807, 2.05) is 0 Å². The van der Waals surface area contributed by atoms with Crippen LogP contribution in [0.1, 0.15) is 23.0 Å². The van der Waals surface area contributed by atoms with Crippen LogP contribution in [0.25, 0.3) is 0 Å². The fraction of sp³-hybridized carbons (Fsp3) is 0.364. The smallest absolute Gasteiger partial charge is 0.321 e. The van der Waals surface area contributed by atoms with Crippen molar-refractivity contribution in [1.29, 1.82) is 0 Å². The van der Waals surface area contributed by atoms with E-state index in [0.29, 0.717) is 5.56 Å². The van der Waals surface area contributed by atoms with Gasteiger partial charge in [-0.15, -0.1) is 0 Å². The van der Waals surface area contributed by atoms with Crippen LogP contribution in [-0.2, 0) is 27.3 Å². The number of hydrogen-bond donors (Lipinski definition) is 1. The first-order valence-corrected chi connectivity index (χ1v) is 6.39. The molecule has 8 heteroatoms. The number of esters is 1. The lowest BCUT2D eigenvalue weighted by Gasteiger charge is -2.17. The van der Waals surface area contributed by atoms with Gasteiger partial charge >= 0.3 is 5.97 Å². The highest BCUT2D eigenvalue weighted by molar-refractivity contribution is 7.76. The van der Waals surface area contributed by atoms with Gasteiger partial charge in [-0.1, -0.05) is 6.07 Å². The number of methoxy groups -OCH3 is 1. The van der Waals surface area contributed by atoms with Crippen LogP contribution in [0.4, 0.5) is 0 Å². The van der Waals surface area contributed by atoms with Crippen molar-refractivity contribution in [3.8, 4) is 0 Å². The maximum Gasteiger partial charge on any atom is 0.321 e. The van der Waals surface area contributed by atoms with Crippen LogP contribution < -0.4 is 0 Å². The van der Waals surface area contributed by atoms with Crippen LogP contribution in [-0.4, -0.2) is 43.5 Å². The molecular weight excluding hydrogens is 272 g/mol. The Balaban J connectivity index is 2.94. The summed E-state index contributed by atoms with van der Waals surface area (Å²) < 4.78 is 25.7. The van der Waals surface area contributed by atoms with E-state index < -0.39 is 17.2 Å². The molecule has 19 heavy (non-hydrogen) atoms. The molecule has 1 aromatic rings. The van der Waals surface area contributed by atoms with Gasteiger partial charge in [0, 0.05) is 19.7 Å². The van der Waals surface area contributed by atoms with E-state index >= 15 is 0 Å². The van der Waals surface area contributed by atoms with Crippen LogP contribution >= 0.6 is 0 Å². The Bertz CT molecular complexity index is 506. The van der Waals surface area contributed by atoms with Gasteiger partial charge < -0.3 is 4.74 Å². The Morgan fingerprint density at radius 2 is 2.21 bits per heavy atom. The third-order valence-corrected chi connectivity index (χ3v) is 3.03. The standard InChI is InChI=1S/C11H14N2O5S/c1-8(14)11-9(4-3-5-12-11)6-13(19(16)17)7-10(15)18-2/h3-5H,6-7H2,1-2H3,(H,16,17). The van der Waals surface area contributed by atoms with Crippen molar-refractivity contribution in [3.05, 3.63) is 29.6 Å². The number of carbonyl (C=O) groups is 2. The third kappa shape index (κ3) is 4.51. The van der Waals surface area contributed by atoms with Gasteiger partial charge in [0.25, 0.3) is 0 Å². The molecule has 1 heterocycles. The Morgan fingerprint density at radius 1 is 1.53 bits per heavy atom. The molecule has 7 nitrogen and oxygen atoms in total. The molecule has 0 saturated carbocycles. The molecule has 1 unspecified atom stereocenters. The molecule has 0 fully saturated rings. The molecule has 0 aliphatic carbocycles. The predicted octanol–water partition coefficient (Wildman–Crippen LogP) is 0.396. The van der Waals surface area contributed by atoms with Crippen molar-refractivity contribution in [2.24, 2.45) is 0 Å². The Kier molecular flexibility index (Phi) is 5.74. The molecule has 104 valence electrons. The van der Waals surface area contributed by atoms with Crippen molar-refractivity contribution >= 4 is 23.0 Å². The minimum absolute atomic E-state index is 0.0546. The number of aromatic nitrogens is 1. The summed E-state index contributed by atoms with van der Waals surface area (Å²) in [6, 6.07) is 3.22. The number of rotatable bonds is 6. The molecule has 0 radical (unpaired) electrons. The first-order valence-electron chi connectivity index (χ1n) is 5.33. The summed E-state index contributed by atoms with van der Waals surface area (Å²) >= 11 is -2.35. The fourth-order valence-electron chi connectivity index (χ4n) is 1.45. The van der Waals surface area contributed by atoms with E-state index in [2.05, 4.69) is 9.72 Å². The maximum atomic E-state index is 11.4. The van der Waals surface area contributed by atoms with Gasteiger partial charge in [-0.25, -0.2) is 4.21 Å². The first-order chi connectivity index (χ1) is 8.95. The summed E-state index contributed by atoms with van der Waals surface area (Å²) in [5.41, 5.74) is 0.684. The van der Waals surface area contributed by atoms with Crippen LogP contribution in [0, 0.1) is 0 Å². The molecule has 0 bridgehead atoms. The van der Waals surface area contributed by atoms with Crippen molar-refractivity contribution in [3.63, 3.8) is 0 Å². The van der Waals surface area contributed by atoms with Crippen molar-refractivity contribution < 1.29 is 23.1 Å². The average Bonchev–Trinajstić information content (AvgIpc) is 2.37. The molecule has 1 rings (SSSR count). The number of ether oxygens (including phenoxy) is 1. The van der Waals surface area contributed by atoms with Crippen molar-refractivity contribution in [2.45, 2.75) is 13.5 Å². The summed E-state index contributed by atoms with van der Waals surface area (Å²) in [7, 11) is 1.19. The zero-order chi connectivity index (χ0) is 14.4. The molecule has 1 aromatic heterocycles. The van der Waals surface area contributed by atoms with Crippen molar-refractivity contribution in [2.75, 3.05) is 13.7 Å². The average molecular weight is 286 g/mol. The zero-order valence-corrected chi connectivity index (χ0v) is 11.3. The van der Waals surface area contributed by atoms with E-state index in [0.717, 1.165) is 4.31 Å². The molecule has 1 atom stereocenters. The highest BCUT2D eigenvalue weighted by atomic mass is 32.2. The second-order valence-electron chi connectivity index (χ2n) is 3.67. The number of pyridine rings is 1. The predicted molar refractivity (Wildman–Crippen MR) is 67.4 cm³/mol. The fourth-order valence-corrected chi connectivity index (χ4v) is 1.91. The van der Waals surface area contributed by atoms with Gasteiger partial charge in [0.15, 0.2) is 5.78 Å². The highest BCUT2D eigenvalue weighted by Crippen LogP contribution is 2.11. The lowest BCUT2D eigenvalue weighted by Crippen LogP contribution is -2.32. The molecule has 0 amide bonds. The third-order valence-electron chi connectivity index (χ3n) is 2.33. The summed E-state index contributed by atoms with van der Waals surface area (Å²) in [6.07, 6.45) is 1.46. The van der Waals surface area contributed by atoms with Gasteiger partial charge in [-0.2, -0.15) is 4.31 Å². The van der Waals surface area contributed by atoms with Gasteiger partial charge in [-0.3, -0.25) is 19.1 Å².